The second-order valence-electron chi connectivity index (χ2n) is 3.59. The van der Waals surface area contributed by atoms with Crippen molar-refractivity contribution in [3.63, 3.8) is 0 Å². The molecule has 0 bridgehead atoms. The van der Waals surface area contributed by atoms with Crippen LogP contribution < -0.4 is 0 Å². The van der Waals surface area contributed by atoms with Crippen LogP contribution in [0.1, 0.15) is 36.8 Å². The van der Waals surface area contributed by atoms with Crippen molar-refractivity contribution in [1.82, 2.24) is 0 Å². The highest BCUT2D eigenvalue weighted by atomic mass is 16.4. The standard InChI is InChI=1S/C12H16O2/c1-3-5-11(12(13)14)10-7-4-6-9(2)8-10/h4,6-8,11H,3,5H2,1-2H3,(H,13,14). The minimum Gasteiger partial charge on any atom is -0.481 e. The predicted molar refractivity (Wildman–Crippen MR) is 56.5 cm³/mol. The lowest BCUT2D eigenvalue weighted by Crippen LogP contribution is -2.11. The first-order valence-electron chi connectivity index (χ1n) is 4.94. The third-order valence-corrected chi connectivity index (χ3v) is 2.32. The summed E-state index contributed by atoms with van der Waals surface area (Å²) in [5.74, 6) is -1.07. The topological polar surface area (TPSA) is 37.3 Å². The van der Waals surface area contributed by atoms with Crippen LogP contribution in [0.25, 0.3) is 0 Å². The zero-order valence-corrected chi connectivity index (χ0v) is 8.66. The van der Waals surface area contributed by atoms with Crippen molar-refractivity contribution in [3.8, 4) is 0 Å². The average molecular weight is 192 g/mol. The molecule has 0 spiro atoms. The SMILES string of the molecule is CCCC(C(=O)O)c1cccc(C)c1. The Morgan fingerprint density at radius 1 is 1.50 bits per heavy atom. The zero-order valence-electron chi connectivity index (χ0n) is 8.66. The molecule has 2 nitrogen and oxygen atoms in total. The van der Waals surface area contributed by atoms with Crippen molar-refractivity contribution in [2.45, 2.75) is 32.6 Å². The van der Waals surface area contributed by atoms with E-state index in [4.69, 9.17) is 5.11 Å². The van der Waals surface area contributed by atoms with Crippen LogP contribution in [-0.4, -0.2) is 11.1 Å². The fraction of sp³-hybridized carbons (Fsp3) is 0.417. The van der Waals surface area contributed by atoms with Gasteiger partial charge in [0.15, 0.2) is 0 Å². The van der Waals surface area contributed by atoms with E-state index in [2.05, 4.69) is 0 Å². The highest BCUT2D eigenvalue weighted by Gasteiger charge is 2.18. The molecule has 0 aliphatic rings. The fourth-order valence-electron chi connectivity index (χ4n) is 1.61. The van der Waals surface area contributed by atoms with Crippen molar-refractivity contribution in [1.29, 1.82) is 0 Å². The number of carbonyl (C=O) groups is 1. The second-order valence-corrected chi connectivity index (χ2v) is 3.59. The summed E-state index contributed by atoms with van der Waals surface area (Å²) >= 11 is 0. The van der Waals surface area contributed by atoms with Gasteiger partial charge in [0.25, 0.3) is 0 Å². The monoisotopic (exact) mass is 192 g/mol. The van der Waals surface area contributed by atoms with Crippen LogP contribution >= 0.6 is 0 Å². The van der Waals surface area contributed by atoms with Gasteiger partial charge >= 0.3 is 5.97 Å². The molecule has 1 unspecified atom stereocenters. The van der Waals surface area contributed by atoms with Crippen LogP contribution in [0.2, 0.25) is 0 Å². The number of hydrogen-bond donors (Lipinski definition) is 1. The summed E-state index contributed by atoms with van der Waals surface area (Å²) in [5, 5.41) is 9.05. The average Bonchev–Trinajstić information content (AvgIpc) is 2.13. The van der Waals surface area contributed by atoms with Gasteiger partial charge in [0, 0.05) is 0 Å². The zero-order chi connectivity index (χ0) is 10.6. The number of benzene rings is 1. The van der Waals surface area contributed by atoms with Gasteiger partial charge in [0.1, 0.15) is 0 Å². The van der Waals surface area contributed by atoms with Gasteiger partial charge in [-0.25, -0.2) is 0 Å². The van der Waals surface area contributed by atoms with Gasteiger partial charge in [-0.1, -0.05) is 43.2 Å². The molecule has 1 rings (SSSR count). The molecule has 0 aliphatic heterocycles. The Hall–Kier alpha value is -1.31. The van der Waals surface area contributed by atoms with Crippen molar-refractivity contribution in [2.75, 3.05) is 0 Å². The number of aryl methyl sites for hydroxylation is 1. The molecule has 76 valence electrons. The molecule has 1 atom stereocenters. The molecule has 2 heteroatoms. The Kier molecular flexibility index (Phi) is 3.69. The maximum absolute atomic E-state index is 11.0. The molecule has 1 aromatic carbocycles. The molecule has 0 aliphatic carbocycles. The molecule has 0 heterocycles. The molecule has 0 radical (unpaired) electrons. The summed E-state index contributed by atoms with van der Waals surface area (Å²) in [6.07, 6.45) is 1.60. The van der Waals surface area contributed by atoms with Gasteiger partial charge in [-0.15, -0.1) is 0 Å². The van der Waals surface area contributed by atoms with Gasteiger partial charge in [-0.2, -0.15) is 0 Å². The number of aliphatic carboxylic acids is 1. The van der Waals surface area contributed by atoms with E-state index in [1.165, 1.54) is 0 Å². The summed E-state index contributed by atoms with van der Waals surface area (Å²) in [7, 11) is 0. The summed E-state index contributed by atoms with van der Waals surface area (Å²) in [6, 6.07) is 7.74. The molecular weight excluding hydrogens is 176 g/mol. The molecule has 1 N–H and O–H groups in total. The van der Waals surface area contributed by atoms with Crippen molar-refractivity contribution < 1.29 is 9.90 Å². The Morgan fingerprint density at radius 3 is 2.71 bits per heavy atom. The van der Waals surface area contributed by atoms with E-state index >= 15 is 0 Å². The largest absolute Gasteiger partial charge is 0.481 e. The number of carboxylic acids is 1. The first kappa shape index (κ1) is 10.8. The molecule has 14 heavy (non-hydrogen) atoms. The van der Waals surface area contributed by atoms with Crippen LogP contribution in [0.4, 0.5) is 0 Å². The third-order valence-electron chi connectivity index (χ3n) is 2.32. The van der Waals surface area contributed by atoms with E-state index in [1.54, 1.807) is 0 Å². The first-order chi connectivity index (χ1) is 6.65. The van der Waals surface area contributed by atoms with Crippen LogP contribution in [-0.2, 0) is 4.79 Å². The summed E-state index contributed by atoms with van der Waals surface area (Å²) < 4.78 is 0. The van der Waals surface area contributed by atoms with Crippen LogP contribution in [0.5, 0.6) is 0 Å². The highest BCUT2D eigenvalue weighted by Crippen LogP contribution is 2.22. The lowest BCUT2D eigenvalue weighted by molar-refractivity contribution is -0.139. The van der Waals surface area contributed by atoms with E-state index in [-0.39, 0.29) is 5.92 Å². The first-order valence-corrected chi connectivity index (χ1v) is 4.94. The van der Waals surface area contributed by atoms with Gasteiger partial charge < -0.3 is 5.11 Å². The minimum atomic E-state index is -0.725. The van der Waals surface area contributed by atoms with Crippen LogP contribution in [0.15, 0.2) is 24.3 Å². The second kappa shape index (κ2) is 4.80. The molecular formula is C12H16O2. The molecule has 0 aromatic heterocycles. The quantitative estimate of drug-likeness (QED) is 0.796. The smallest absolute Gasteiger partial charge is 0.310 e. The number of rotatable bonds is 4. The van der Waals surface area contributed by atoms with Crippen LogP contribution in [0.3, 0.4) is 0 Å². The Bertz CT molecular complexity index is 318. The van der Waals surface area contributed by atoms with Gasteiger partial charge in [-0.3, -0.25) is 4.79 Å². The maximum Gasteiger partial charge on any atom is 0.310 e. The van der Waals surface area contributed by atoms with E-state index in [1.807, 2.05) is 38.1 Å². The summed E-state index contributed by atoms with van der Waals surface area (Å²) in [6.45, 7) is 3.99. The molecule has 0 saturated heterocycles. The van der Waals surface area contributed by atoms with E-state index in [0.29, 0.717) is 6.42 Å². The van der Waals surface area contributed by atoms with E-state index in [0.717, 1.165) is 17.5 Å². The molecule has 0 saturated carbocycles. The van der Waals surface area contributed by atoms with Crippen molar-refractivity contribution >= 4 is 5.97 Å². The number of hydrogen-bond acceptors (Lipinski definition) is 1. The van der Waals surface area contributed by atoms with Gasteiger partial charge in [0.05, 0.1) is 5.92 Å². The maximum atomic E-state index is 11.0. The Morgan fingerprint density at radius 2 is 2.21 bits per heavy atom. The summed E-state index contributed by atoms with van der Waals surface area (Å²) in [4.78, 5) is 11.0. The van der Waals surface area contributed by atoms with Crippen molar-refractivity contribution in [2.24, 2.45) is 0 Å². The Labute approximate surface area is 84.6 Å². The predicted octanol–water partition coefficient (Wildman–Crippen LogP) is 2.96. The van der Waals surface area contributed by atoms with Gasteiger partial charge in [-0.05, 0) is 18.9 Å². The Balaban J connectivity index is 2.93. The molecule has 0 fully saturated rings. The lowest BCUT2D eigenvalue weighted by Gasteiger charge is -2.11. The van der Waals surface area contributed by atoms with Crippen molar-refractivity contribution in [3.05, 3.63) is 35.4 Å². The van der Waals surface area contributed by atoms with Gasteiger partial charge in [0.2, 0.25) is 0 Å². The van der Waals surface area contributed by atoms with E-state index < -0.39 is 5.97 Å². The fourth-order valence-corrected chi connectivity index (χ4v) is 1.61. The molecule has 1 aromatic rings. The minimum absolute atomic E-state index is 0.347. The summed E-state index contributed by atoms with van der Waals surface area (Å²) in [5.41, 5.74) is 2.03. The number of carboxylic acid groups (broad SMARTS) is 1. The normalized spacial score (nSPS) is 12.4. The third kappa shape index (κ3) is 2.59. The van der Waals surface area contributed by atoms with E-state index in [9.17, 15) is 4.79 Å². The molecule has 0 amide bonds. The van der Waals surface area contributed by atoms with Crippen LogP contribution in [0, 0.1) is 6.92 Å². The lowest BCUT2D eigenvalue weighted by atomic mass is 9.94. The highest BCUT2D eigenvalue weighted by molar-refractivity contribution is 5.76.